The van der Waals surface area contributed by atoms with Gasteiger partial charge in [-0.3, -0.25) is 24.5 Å². The molecule has 0 radical (unpaired) electrons. The monoisotopic (exact) mass is 787 g/mol. The molecule has 6 fully saturated rings. The Bertz CT molecular complexity index is 2350. The first-order valence-corrected chi connectivity index (χ1v) is 21.4. The Balaban J connectivity index is 0.000000143. The Morgan fingerprint density at radius 2 is 1.11 bits per heavy atom. The topological polar surface area (TPSA) is 93.0 Å². The third-order valence-corrected chi connectivity index (χ3v) is 15.9. The molecule has 57 heavy (non-hydrogen) atoms. The minimum Gasteiger partial charge on any atom is -0.481 e. The van der Waals surface area contributed by atoms with E-state index in [9.17, 15) is 23.5 Å². The molecule has 5 aromatic rings. The number of hydrogen-bond acceptors (Lipinski definition) is 5. The van der Waals surface area contributed by atoms with Crippen molar-refractivity contribution in [3.05, 3.63) is 113 Å². The Hall–Kier alpha value is -4.30. The molecule has 9 heteroatoms. The molecular formula is C48H48ClF2N3O3. The summed E-state index contributed by atoms with van der Waals surface area (Å²) in [5, 5.41) is 12.1. The van der Waals surface area contributed by atoms with Crippen LogP contribution in [-0.4, -0.2) is 31.8 Å². The van der Waals surface area contributed by atoms with Crippen LogP contribution in [0.25, 0.3) is 21.8 Å². The fraction of sp³-hybridized carbons (Fsp3) is 0.479. The maximum Gasteiger partial charge on any atom is 0.309 e. The lowest BCUT2D eigenvalue weighted by Crippen LogP contribution is -2.26. The Labute approximate surface area is 336 Å². The molecule has 1 N–H and O–H groups in total. The number of aliphatic carboxylic acids is 1. The van der Waals surface area contributed by atoms with Gasteiger partial charge in [0.15, 0.2) is 0 Å². The van der Waals surface area contributed by atoms with Gasteiger partial charge in [0.1, 0.15) is 17.4 Å². The molecule has 8 atom stereocenters. The van der Waals surface area contributed by atoms with Crippen LogP contribution in [-0.2, 0) is 16.0 Å². The number of Topliss-reactive ketones (excluding diaryl/α,β-unsaturated/α-hetero) is 1. The van der Waals surface area contributed by atoms with Gasteiger partial charge in [0.25, 0.3) is 0 Å². The minimum atomic E-state index is -0.579. The molecule has 6 saturated carbocycles. The van der Waals surface area contributed by atoms with E-state index in [1.54, 1.807) is 30.5 Å². The van der Waals surface area contributed by atoms with E-state index in [-0.39, 0.29) is 17.0 Å². The van der Waals surface area contributed by atoms with E-state index in [1.807, 2.05) is 30.6 Å². The molecule has 6 aliphatic carbocycles. The smallest absolute Gasteiger partial charge is 0.309 e. The molecule has 11 rings (SSSR count). The lowest BCUT2D eigenvalue weighted by molar-refractivity contribution is -0.145. The number of pyridine rings is 3. The van der Waals surface area contributed by atoms with Crippen molar-refractivity contribution in [2.75, 3.05) is 0 Å². The molecule has 0 saturated heterocycles. The van der Waals surface area contributed by atoms with Gasteiger partial charge >= 0.3 is 5.97 Å². The lowest BCUT2D eigenvalue weighted by Gasteiger charge is -2.24. The maximum atomic E-state index is 13.9. The number of hydrogen-bond donors (Lipinski definition) is 1. The lowest BCUT2D eigenvalue weighted by atomic mass is 9.79. The van der Waals surface area contributed by atoms with E-state index in [1.165, 1.54) is 23.3 Å². The maximum absolute atomic E-state index is 13.9. The van der Waals surface area contributed by atoms with Crippen molar-refractivity contribution < 1.29 is 23.5 Å². The number of carboxylic acid groups (broad SMARTS) is 1. The summed E-state index contributed by atoms with van der Waals surface area (Å²) in [6.07, 6.45) is 18.4. The van der Waals surface area contributed by atoms with Crippen LogP contribution in [0.2, 0.25) is 5.02 Å². The number of carbonyl (C=O) groups is 2. The van der Waals surface area contributed by atoms with Crippen LogP contribution in [0, 0.1) is 58.0 Å². The van der Waals surface area contributed by atoms with Gasteiger partial charge in [0.05, 0.1) is 21.5 Å². The first-order valence-electron chi connectivity index (χ1n) is 21.0. The SMILES string of the molecule is O=C(Cc1ccc(Cl)cn1)C1(C2C[C@H]3CC(c4ccnc5ccc(F)cc45)C[C@H]3C2)CC1.O=C(O)C1(C2C[C@H]3CC(c4ccnc5ccc(F)cc45)C[C@H]3C2)CC1. The van der Waals surface area contributed by atoms with Crippen LogP contribution in [0.1, 0.15) is 106 Å². The second-order valence-electron chi connectivity index (χ2n) is 18.5. The summed E-state index contributed by atoms with van der Waals surface area (Å²) < 4.78 is 27.6. The van der Waals surface area contributed by atoms with E-state index in [4.69, 9.17) is 11.6 Å². The van der Waals surface area contributed by atoms with E-state index < -0.39 is 11.4 Å². The van der Waals surface area contributed by atoms with Crippen molar-refractivity contribution in [2.45, 2.75) is 95.3 Å². The van der Waals surface area contributed by atoms with Crippen LogP contribution in [0.3, 0.4) is 0 Å². The predicted octanol–water partition coefficient (Wildman–Crippen LogP) is 11.3. The second kappa shape index (κ2) is 14.2. The third kappa shape index (κ3) is 6.73. The normalized spacial score (nSPS) is 30.1. The van der Waals surface area contributed by atoms with E-state index >= 15 is 0 Å². The molecule has 0 aliphatic heterocycles. The highest BCUT2D eigenvalue weighted by atomic mass is 35.5. The zero-order valence-corrected chi connectivity index (χ0v) is 32.8. The number of rotatable bonds is 8. The van der Waals surface area contributed by atoms with Gasteiger partial charge in [-0.25, -0.2) is 8.78 Å². The number of ketones is 1. The zero-order chi connectivity index (χ0) is 39.1. The standard InChI is InChI=1S/C27H26ClFN2O.C21H22FNO2/c28-20-1-3-22(31-15-20)14-26(32)27(6-7-27)19-11-16-9-18(10-17(16)12-19)23-5-8-30-25-4-2-21(29)13-24(23)25;22-16-1-2-19-18(11-16)17(3-6-23-19)14-7-12-9-15(10-13(12)8-14)21(4-5-21)20(24)25/h1-5,8,13,15-19H,6-7,9-12,14H2;1-3,6,11-15H,4-5,7-10H2,(H,24,25)/t16-,17+,18?,19?;12-,13+,14?,15?. The average Bonchev–Trinajstić information content (AvgIpc) is 4.00. The molecule has 2 aromatic carbocycles. The highest BCUT2D eigenvalue weighted by molar-refractivity contribution is 6.30. The fourth-order valence-electron chi connectivity index (χ4n) is 12.5. The molecule has 0 spiro atoms. The van der Waals surface area contributed by atoms with Gasteiger partial charge in [-0.2, -0.15) is 0 Å². The van der Waals surface area contributed by atoms with E-state index in [2.05, 4.69) is 21.0 Å². The van der Waals surface area contributed by atoms with Gasteiger partial charge in [-0.15, -0.1) is 0 Å². The summed E-state index contributed by atoms with van der Waals surface area (Å²) in [6, 6.07) is 17.5. The van der Waals surface area contributed by atoms with Crippen molar-refractivity contribution in [1.82, 2.24) is 15.0 Å². The summed E-state index contributed by atoms with van der Waals surface area (Å²) in [5.41, 5.74) is 4.50. The Morgan fingerprint density at radius 1 is 0.632 bits per heavy atom. The van der Waals surface area contributed by atoms with Crippen molar-refractivity contribution >= 4 is 45.2 Å². The zero-order valence-electron chi connectivity index (χ0n) is 32.1. The molecule has 6 nitrogen and oxygen atoms in total. The van der Waals surface area contributed by atoms with Crippen molar-refractivity contribution in [3.8, 4) is 0 Å². The summed E-state index contributed by atoms with van der Waals surface area (Å²) in [5.74, 6) is 3.75. The first-order chi connectivity index (χ1) is 27.6. The molecule has 4 unspecified atom stereocenters. The second-order valence-corrected chi connectivity index (χ2v) is 19.0. The Morgan fingerprint density at radius 3 is 1.53 bits per heavy atom. The Kier molecular flexibility index (Phi) is 9.23. The van der Waals surface area contributed by atoms with E-state index in [0.717, 1.165) is 105 Å². The number of carboxylic acids is 1. The van der Waals surface area contributed by atoms with Crippen LogP contribution < -0.4 is 0 Å². The number of aromatic nitrogens is 3. The van der Waals surface area contributed by atoms with Gasteiger partial charge in [0, 0.05) is 46.9 Å². The van der Waals surface area contributed by atoms with Gasteiger partial charge in [0.2, 0.25) is 0 Å². The number of carbonyl (C=O) groups excluding carboxylic acids is 1. The van der Waals surface area contributed by atoms with Gasteiger partial charge < -0.3 is 5.11 Å². The van der Waals surface area contributed by atoms with Gasteiger partial charge in [-0.1, -0.05) is 11.6 Å². The largest absolute Gasteiger partial charge is 0.481 e. The van der Waals surface area contributed by atoms with Crippen LogP contribution >= 0.6 is 11.6 Å². The predicted molar refractivity (Wildman–Crippen MR) is 216 cm³/mol. The average molecular weight is 788 g/mol. The van der Waals surface area contributed by atoms with E-state index in [0.29, 0.717) is 64.6 Å². The summed E-state index contributed by atoms with van der Waals surface area (Å²) in [7, 11) is 0. The first kappa shape index (κ1) is 37.0. The number of benzene rings is 2. The molecule has 3 aromatic heterocycles. The number of fused-ring (bicyclic) bond motifs is 4. The number of halogens is 3. The molecule has 6 aliphatic rings. The third-order valence-electron chi connectivity index (χ3n) is 15.6. The van der Waals surface area contributed by atoms with Crippen LogP contribution in [0.15, 0.2) is 79.3 Å². The fourth-order valence-corrected chi connectivity index (χ4v) is 12.6. The van der Waals surface area contributed by atoms with Crippen molar-refractivity contribution in [1.29, 1.82) is 0 Å². The van der Waals surface area contributed by atoms with Crippen LogP contribution in [0.5, 0.6) is 0 Å². The van der Waals surface area contributed by atoms with Crippen molar-refractivity contribution in [2.24, 2.45) is 46.3 Å². The van der Waals surface area contributed by atoms with Gasteiger partial charge in [-0.05, 0) is 196 Å². The van der Waals surface area contributed by atoms with Crippen LogP contribution in [0.4, 0.5) is 8.78 Å². The summed E-state index contributed by atoms with van der Waals surface area (Å²) in [6.45, 7) is 0. The highest BCUT2D eigenvalue weighted by Crippen LogP contribution is 2.65. The molecule has 3 heterocycles. The minimum absolute atomic E-state index is 0.117. The molecule has 294 valence electrons. The molecule has 0 amide bonds. The number of nitrogens with zero attached hydrogens (tertiary/aromatic N) is 3. The quantitative estimate of drug-likeness (QED) is 0.168. The summed E-state index contributed by atoms with van der Waals surface area (Å²) in [4.78, 5) is 38.0. The molecule has 0 bridgehead atoms. The highest BCUT2D eigenvalue weighted by Gasteiger charge is 2.60. The summed E-state index contributed by atoms with van der Waals surface area (Å²) >= 11 is 5.93. The molecular weight excluding hydrogens is 740 g/mol. The van der Waals surface area contributed by atoms with Crippen molar-refractivity contribution in [3.63, 3.8) is 0 Å².